The molecule has 1 aliphatic heterocycles. The maximum absolute atomic E-state index is 12.1. The van der Waals surface area contributed by atoms with Crippen LogP contribution >= 0.6 is 0 Å². The van der Waals surface area contributed by atoms with Gasteiger partial charge in [-0.15, -0.1) is 0 Å². The molecule has 1 aromatic rings. The molecule has 1 aromatic carbocycles. The van der Waals surface area contributed by atoms with Gasteiger partial charge in [0, 0.05) is 0 Å². The topological polar surface area (TPSA) is 72.5 Å². The van der Waals surface area contributed by atoms with E-state index in [1.54, 1.807) is 24.3 Å². The molecule has 1 heterocycles. The van der Waals surface area contributed by atoms with Crippen LogP contribution in [-0.4, -0.2) is 32.9 Å². The number of fused-ring (bicyclic) bond motifs is 1. The smallest absolute Gasteiger partial charge is 0.363 e. The number of alkyl halides is 3. The average Bonchev–Trinajstić information content (AvgIpc) is 2.34. The van der Waals surface area contributed by atoms with E-state index in [2.05, 4.69) is 0 Å². The first-order valence-corrected chi connectivity index (χ1v) is 7.64. The highest BCUT2D eigenvalue weighted by atomic mass is 32.2. The van der Waals surface area contributed by atoms with Crippen LogP contribution in [0.25, 0.3) is 0 Å². The molecule has 1 N–H and O–H groups in total. The summed E-state index contributed by atoms with van der Waals surface area (Å²) < 4.78 is 65.6. The van der Waals surface area contributed by atoms with Crippen LogP contribution in [0.4, 0.5) is 13.2 Å². The van der Waals surface area contributed by atoms with Gasteiger partial charge in [-0.2, -0.15) is 13.2 Å². The molecule has 0 unspecified atom stereocenters. The minimum Gasteiger partial charge on any atom is -0.363 e. The van der Waals surface area contributed by atoms with Gasteiger partial charge < -0.3 is 4.74 Å². The lowest BCUT2D eigenvalue weighted by Crippen LogP contribution is -2.41. The van der Waals surface area contributed by atoms with Crippen LogP contribution in [0.2, 0.25) is 0 Å². The third-order valence-corrected chi connectivity index (χ3v) is 4.06. The number of nitrogens with one attached hydrogen (secondary N) is 1. The van der Waals surface area contributed by atoms with Crippen molar-refractivity contribution in [3.05, 3.63) is 35.4 Å². The number of carbonyl (C=O) groups is 1. The summed E-state index contributed by atoms with van der Waals surface area (Å²) in [5, 5.41) is 0. The fraction of sp³-hybridized carbons (Fsp3) is 0.417. The standard InChI is InChI=1S/C12H12F3NO4S/c13-12(14,15)7-21(18,19)16-11(17)10-9-4-2-1-3-8(9)5-6-20-10/h1-4,10H,5-7H2,(H,16,17)/t10-/m1/s1. The zero-order chi connectivity index (χ0) is 15.7. The number of benzene rings is 1. The van der Waals surface area contributed by atoms with E-state index in [1.807, 2.05) is 0 Å². The van der Waals surface area contributed by atoms with Gasteiger partial charge in [-0.05, 0) is 17.5 Å². The van der Waals surface area contributed by atoms with Crippen molar-refractivity contribution in [3.8, 4) is 0 Å². The third-order valence-electron chi connectivity index (χ3n) is 2.84. The van der Waals surface area contributed by atoms with Crippen molar-refractivity contribution in [2.45, 2.75) is 18.7 Å². The van der Waals surface area contributed by atoms with Gasteiger partial charge in [-0.1, -0.05) is 24.3 Å². The minimum absolute atomic E-state index is 0.189. The van der Waals surface area contributed by atoms with Crippen molar-refractivity contribution in [1.82, 2.24) is 4.72 Å². The monoisotopic (exact) mass is 323 g/mol. The van der Waals surface area contributed by atoms with E-state index in [0.29, 0.717) is 12.0 Å². The van der Waals surface area contributed by atoms with Crippen LogP contribution < -0.4 is 4.72 Å². The molecule has 0 aliphatic carbocycles. The first-order chi connectivity index (χ1) is 9.68. The Balaban J connectivity index is 2.15. The SMILES string of the molecule is O=C(NS(=O)(=O)CC(F)(F)F)[C@@H]1OCCc2ccccc21. The lowest BCUT2D eigenvalue weighted by Gasteiger charge is -2.25. The lowest BCUT2D eigenvalue weighted by molar-refractivity contribution is -0.132. The van der Waals surface area contributed by atoms with Crippen molar-refractivity contribution in [2.75, 3.05) is 12.4 Å². The molecule has 0 spiro atoms. The maximum atomic E-state index is 12.1. The zero-order valence-corrected chi connectivity index (χ0v) is 11.5. The number of halogens is 3. The number of carbonyl (C=O) groups excluding carboxylic acids is 1. The molecule has 1 atom stereocenters. The Hall–Kier alpha value is -1.61. The Labute approximate surface area is 119 Å². The predicted octanol–water partition coefficient (Wildman–Crippen LogP) is 1.31. The second kappa shape index (κ2) is 5.64. The van der Waals surface area contributed by atoms with Crippen LogP contribution in [0.3, 0.4) is 0 Å². The quantitative estimate of drug-likeness (QED) is 0.910. The summed E-state index contributed by atoms with van der Waals surface area (Å²) in [5.41, 5.74) is 1.26. The molecule has 0 radical (unpaired) electrons. The Kier molecular flexibility index (Phi) is 4.24. The van der Waals surface area contributed by atoms with E-state index in [-0.39, 0.29) is 6.61 Å². The van der Waals surface area contributed by atoms with Crippen LogP contribution in [0.5, 0.6) is 0 Å². The summed E-state index contributed by atoms with van der Waals surface area (Å²) in [6, 6.07) is 6.72. The van der Waals surface area contributed by atoms with Crippen LogP contribution in [-0.2, 0) is 26.0 Å². The molecular formula is C12H12F3NO4S. The summed E-state index contributed by atoms with van der Waals surface area (Å²) in [6.45, 7) is 0.189. The predicted molar refractivity (Wildman–Crippen MR) is 66.8 cm³/mol. The first kappa shape index (κ1) is 15.8. The molecule has 116 valence electrons. The summed E-state index contributed by atoms with van der Waals surface area (Å²) in [6.07, 6.45) is -5.59. The number of rotatable bonds is 3. The number of hydrogen-bond donors (Lipinski definition) is 1. The largest absolute Gasteiger partial charge is 0.404 e. The van der Waals surface area contributed by atoms with Gasteiger partial charge in [0.2, 0.25) is 10.0 Å². The molecule has 9 heteroatoms. The summed E-state index contributed by atoms with van der Waals surface area (Å²) >= 11 is 0. The van der Waals surface area contributed by atoms with E-state index in [0.717, 1.165) is 5.56 Å². The van der Waals surface area contributed by atoms with E-state index < -0.39 is 34.0 Å². The summed E-state index contributed by atoms with van der Waals surface area (Å²) in [5.74, 6) is -3.23. The van der Waals surface area contributed by atoms with E-state index in [9.17, 15) is 26.4 Å². The van der Waals surface area contributed by atoms with Crippen molar-refractivity contribution in [3.63, 3.8) is 0 Å². The molecule has 1 amide bonds. The van der Waals surface area contributed by atoms with Crippen molar-refractivity contribution < 1.29 is 31.1 Å². The van der Waals surface area contributed by atoms with Crippen LogP contribution in [0.1, 0.15) is 17.2 Å². The molecule has 0 saturated heterocycles. The Morgan fingerprint density at radius 1 is 1.33 bits per heavy atom. The van der Waals surface area contributed by atoms with Gasteiger partial charge in [0.05, 0.1) is 6.61 Å². The molecule has 21 heavy (non-hydrogen) atoms. The van der Waals surface area contributed by atoms with Crippen molar-refractivity contribution in [2.24, 2.45) is 0 Å². The third kappa shape index (κ3) is 4.18. The molecule has 5 nitrogen and oxygen atoms in total. The van der Waals surface area contributed by atoms with Gasteiger partial charge in [0.25, 0.3) is 5.91 Å². The molecule has 0 aromatic heterocycles. The van der Waals surface area contributed by atoms with Crippen molar-refractivity contribution in [1.29, 1.82) is 0 Å². The number of hydrogen-bond acceptors (Lipinski definition) is 4. The summed E-state index contributed by atoms with van der Waals surface area (Å²) in [4.78, 5) is 11.9. The van der Waals surface area contributed by atoms with E-state index in [4.69, 9.17) is 4.74 Å². The average molecular weight is 323 g/mol. The highest BCUT2D eigenvalue weighted by Crippen LogP contribution is 2.27. The van der Waals surface area contributed by atoms with E-state index in [1.165, 1.54) is 4.72 Å². The maximum Gasteiger partial charge on any atom is 0.404 e. The van der Waals surface area contributed by atoms with Gasteiger partial charge in [0.1, 0.15) is 0 Å². The first-order valence-electron chi connectivity index (χ1n) is 5.98. The Bertz CT molecular complexity index is 642. The Morgan fingerprint density at radius 2 is 2.00 bits per heavy atom. The molecule has 1 aliphatic rings. The normalized spacial score (nSPS) is 18.9. The second-order valence-electron chi connectivity index (χ2n) is 4.54. The van der Waals surface area contributed by atoms with E-state index >= 15 is 0 Å². The van der Waals surface area contributed by atoms with Crippen LogP contribution in [0, 0.1) is 0 Å². The van der Waals surface area contributed by atoms with Crippen LogP contribution in [0.15, 0.2) is 24.3 Å². The molecule has 0 fully saturated rings. The fourth-order valence-corrected chi connectivity index (χ4v) is 2.99. The van der Waals surface area contributed by atoms with Gasteiger partial charge in [-0.25, -0.2) is 8.42 Å². The molecule has 2 rings (SSSR count). The highest BCUT2D eigenvalue weighted by molar-refractivity contribution is 7.90. The molecule has 0 saturated carbocycles. The fourth-order valence-electron chi connectivity index (χ4n) is 2.07. The second-order valence-corrected chi connectivity index (χ2v) is 6.26. The minimum atomic E-state index is -4.92. The van der Waals surface area contributed by atoms with Gasteiger partial charge in [0.15, 0.2) is 11.9 Å². The molecule has 0 bridgehead atoms. The number of sulfonamides is 1. The van der Waals surface area contributed by atoms with Gasteiger partial charge in [-0.3, -0.25) is 9.52 Å². The van der Waals surface area contributed by atoms with Gasteiger partial charge >= 0.3 is 6.18 Å². The number of ether oxygens (including phenoxy) is 1. The summed E-state index contributed by atoms with van der Waals surface area (Å²) in [7, 11) is -4.79. The zero-order valence-electron chi connectivity index (χ0n) is 10.7. The lowest BCUT2D eigenvalue weighted by atomic mass is 9.97. The molecular weight excluding hydrogens is 311 g/mol. The Morgan fingerprint density at radius 3 is 2.67 bits per heavy atom. The highest BCUT2D eigenvalue weighted by Gasteiger charge is 2.38. The number of amides is 1. The van der Waals surface area contributed by atoms with Crippen molar-refractivity contribution >= 4 is 15.9 Å².